The number of amides is 2. The second-order valence-corrected chi connectivity index (χ2v) is 11.2. The molecule has 0 bridgehead atoms. The molecule has 0 saturated carbocycles. The van der Waals surface area contributed by atoms with Gasteiger partial charge in [-0.25, -0.2) is 14.4 Å². The first-order valence-electron chi connectivity index (χ1n) is 13.9. The summed E-state index contributed by atoms with van der Waals surface area (Å²) in [5.41, 5.74) is 2.80. The van der Waals surface area contributed by atoms with Gasteiger partial charge in [-0.2, -0.15) is 0 Å². The topological polar surface area (TPSA) is 87.7 Å². The number of ether oxygens (including phenoxy) is 1. The van der Waals surface area contributed by atoms with Crippen LogP contribution in [0.1, 0.15) is 64.4 Å². The average molecular weight is 532 g/mol. The average Bonchev–Trinajstić information content (AvgIpc) is 3.27. The van der Waals surface area contributed by atoms with Crippen molar-refractivity contribution in [3.05, 3.63) is 58.4 Å². The lowest BCUT2D eigenvalue weighted by Crippen LogP contribution is -2.39. The highest BCUT2D eigenvalue weighted by Crippen LogP contribution is 2.33. The Hall–Kier alpha value is -3.35. The van der Waals surface area contributed by atoms with Crippen molar-refractivity contribution in [3.63, 3.8) is 0 Å². The number of aryl methyl sites for hydroxylation is 2. The molecule has 0 radical (unpaired) electrons. The van der Waals surface area contributed by atoms with Crippen LogP contribution in [0.5, 0.6) is 0 Å². The Morgan fingerprint density at radius 1 is 1.13 bits per heavy atom. The van der Waals surface area contributed by atoms with Gasteiger partial charge in [-0.3, -0.25) is 9.59 Å². The molecule has 1 aromatic carbocycles. The van der Waals surface area contributed by atoms with Gasteiger partial charge in [0.15, 0.2) is 5.82 Å². The molecule has 204 valence electrons. The molecule has 4 atom stereocenters. The van der Waals surface area contributed by atoms with E-state index in [0.29, 0.717) is 47.6 Å². The summed E-state index contributed by atoms with van der Waals surface area (Å²) in [7, 11) is 0. The van der Waals surface area contributed by atoms with Gasteiger partial charge in [0.2, 0.25) is 5.91 Å². The highest BCUT2D eigenvalue weighted by molar-refractivity contribution is 5.96. The van der Waals surface area contributed by atoms with Crippen LogP contribution in [0.2, 0.25) is 0 Å². The molecule has 2 aromatic rings. The first kappa shape index (κ1) is 25.9. The molecule has 3 unspecified atom stereocenters. The maximum atomic E-state index is 14.0. The molecule has 39 heavy (non-hydrogen) atoms. The molecule has 1 N–H and O–H groups in total. The number of rotatable bonds is 8. The predicted molar refractivity (Wildman–Crippen MR) is 142 cm³/mol. The van der Waals surface area contributed by atoms with Gasteiger partial charge in [0, 0.05) is 39.3 Å². The third-order valence-electron chi connectivity index (χ3n) is 8.42. The molecule has 3 saturated heterocycles. The highest BCUT2D eigenvalue weighted by atomic mass is 19.1. The Kier molecular flexibility index (Phi) is 7.08. The van der Waals surface area contributed by atoms with Crippen LogP contribution in [0.4, 0.5) is 4.39 Å². The summed E-state index contributed by atoms with van der Waals surface area (Å²) in [5.74, 6) is 6.97. The predicted octanol–water partition coefficient (Wildman–Crippen LogP) is 2.76. The van der Waals surface area contributed by atoms with Crippen molar-refractivity contribution >= 4 is 11.8 Å². The minimum absolute atomic E-state index is 0.0113. The number of halogens is 1. The maximum Gasteiger partial charge on any atom is 0.257 e. The normalized spacial score (nSPS) is 24.8. The molecule has 6 rings (SSSR count). The summed E-state index contributed by atoms with van der Waals surface area (Å²) in [6.45, 7) is 8.37. The molecule has 4 aliphatic rings. The SMILES string of the molecule is Cc1nc(C2C#C2)nc(C)c1C(=O)N1CC2CN(CC[C@H](NC(=O)C3CCCO3)c3cccc(F)c3)CC2C1. The fraction of sp³-hybridized carbons (Fsp3) is 0.533. The number of nitrogens with one attached hydrogen (secondary N) is 1. The molecule has 1 aliphatic carbocycles. The van der Waals surface area contributed by atoms with Crippen LogP contribution in [0, 0.1) is 43.3 Å². The second kappa shape index (κ2) is 10.7. The van der Waals surface area contributed by atoms with Gasteiger partial charge in [0.25, 0.3) is 5.91 Å². The molecular formula is C30H34FN5O3. The van der Waals surface area contributed by atoms with E-state index >= 15 is 0 Å². The molecule has 0 spiro atoms. The van der Waals surface area contributed by atoms with E-state index in [0.717, 1.165) is 51.1 Å². The minimum Gasteiger partial charge on any atom is -0.368 e. The lowest BCUT2D eigenvalue weighted by Gasteiger charge is -2.26. The lowest BCUT2D eigenvalue weighted by molar-refractivity contribution is -0.130. The van der Waals surface area contributed by atoms with Gasteiger partial charge in [-0.1, -0.05) is 24.0 Å². The Morgan fingerprint density at radius 2 is 1.85 bits per heavy atom. The fourth-order valence-corrected chi connectivity index (χ4v) is 6.35. The molecule has 3 aliphatic heterocycles. The summed E-state index contributed by atoms with van der Waals surface area (Å²) in [5, 5.41) is 3.11. The van der Waals surface area contributed by atoms with Crippen LogP contribution in [0.25, 0.3) is 0 Å². The van der Waals surface area contributed by atoms with Crippen molar-refractivity contribution in [2.75, 3.05) is 39.3 Å². The molecular weight excluding hydrogens is 497 g/mol. The van der Waals surface area contributed by atoms with Crippen molar-refractivity contribution in [1.29, 1.82) is 0 Å². The van der Waals surface area contributed by atoms with Crippen LogP contribution in [0.15, 0.2) is 24.3 Å². The van der Waals surface area contributed by atoms with Crippen molar-refractivity contribution in [1.82, 2.24) is 25.1 Å². The number of aromatic nitrogens is 2. The Balaban J connectivity index is 1.06. The summed E-state index contributed by atoms with van der Waals surface area (Å²) < 4.78 is 19.6. The minimum atomic E-state index is -0.424. The molecule has 2 amide bonds. The summed E-state index contributed by atoms with van der Waals surface area (Å²) in [6.07, 6.45) is 1.85. The zero-order valence-corrected chi connectivity index (χ0v) is 22.5. The number of carbonyl (C=O) groups is 2. The zero-order valence-electron chi connectivity index (χ0n) is 22.5. The van der Waals surface area contributed by atoms with Crippen molar-refractivity contribution < 1.29 is 18.7 Å². The number of hydrogen-bond acceptors (Lipinski definition) is 6. The summed E-state index contributed by atoms with van der Waals surface area (Å²) in [6, 6.07) is 6.18. The van der Waals surface area contributed by atoms with Crippen molar-refractivity contribution in [3.8, 4) is 11.8 Å². The van der Waals surface area contributed by atoms with E-state index in [1.54, 1.807) is 6.07 Å². The third-order valence-corrected chi connectivity index (χ3v) is 8.42. The van der Waals surface area contributed by atoms with Crippen LogP contribution >= 0.6 is 0 Å². The van der Waals surface area contributed by atoms with Gasteiger partial charge in [-0.15, -0.1) is 0 Å². The van der Waals surface area contributed by atoms with E-state index in [-0.39, 0.29) is 29.6 Å². The van der Waals surface area contributed by atoms with Gasteiger partial charge < -0.3 is 19.9 Å². The number of benzene rings is 1. The monoisotopic (exact) mass is 531 g/mol. The van der Waals surface area contributed by atoms with Gasteiger partial charge in [0.1, 0.15) is 17.8 Å². The molecule has 1 aromatic heterocycles. The van der Waals surface area contributed by atoms with Crippen molar-refractivity contribution in [2.45, 2.75) is 51.2 Å². The van der Waals surface area contributed by atoms with E-state index in [1.165, 1.54) is 12.1 Å². The maximum absolute atomic E-state index is 14.0. The summed E-state index contributed by atoms with van der Waals surface area (Å²) >= 11 is 0. The van der Waals surface area contributed by atoms with Crippen LogP contribution in [-0.2, 0) is 9.53 Å². The van der Waals surface area contributed by atoms with Crippen molar-refractivity contribution in [2.24, 2.45) is 11.8 Å². The third kappa shape index (κ3) is 5.54. The first-order valence-corrected chi connectivity index (χ1v) is 13.9. The number of nitrogens with zero attached hydrogens (tertiary/aromatic N) is 4. The van der Waals surface area contributed by atoms with E-state index in [4.69, 9.17) is 4.74 Å². The number of carbonyl (C=O) groups excluding carboxylic acids is 2. The Labute approximate surface area is 228 Å². The molecule has 9 heteroatoms. The zero-order chi connectivity index (χ0) is 27.1. The molecule has 4 heterocycles. The van der Waals surface area contributed by atoms with Crippen LogP contribution in [0.3, 0.4) is 0 Å². The van der Waals surface area contributed by atoms with E-state index in [9.17, 15) is 14.0 Å². The number of hydrogen-bond donors (Lipinski definition) is 1. The Bertz CT molecular complexity index is 1300. The van der Waals surface area contributed by atoms with Gasteiger partial charge >= 0.3 is 0 Å². The molecule has 8 nitrogen and oxygen atoms in total. The lowest BCUT2D eigenvalue weighted by atomic mass is 10.0. The fourth-order valence-electron chi connectivity index (χ4n) is 6.35. The van der Waals surface area contributed by atoms with E-state index in [1.807, 2.05) is 24.8 Å². The van der Waals surface area contributed by atoms with E-state index < -0.39 is 6.10 Å². The van der Waals surface area contributed by atoms with E-state index in [2.05, 4.69) is 32.0 Å². The summed E-state index contributed by atoms with van der Waals surface area (Å²) in [4.78, 5) is 39.7. The largest absolute Gasteiger partial charge is 0.368 e. The first-order chi connectivity index (χ1) is 18.9. The molecule has 3 fully saturated rings. The quantitative estimate of drug-likeness (QED) is 0.528. The van der Waals surface area contributed by atoms with Gasteiger partial charge in [0.05, 0.1) is 23.0 Å². The highest BCUT2D eigenvalue weighted by Gasteiger charge is 2.42. The second-order valence-electron chi connectivity index (χ2n) is 11.2. The van der Waals surface area contributed by atoms with Crippen LogP contribution in [-0.4, -0.2) is 77.0 Å². The number of likely N-dealkylation sites (tertiary alicyclic amines) is 2. The van der Waals surface area contributed by atoms with Gasteiger partial charge in [-0.05, 0) is 62.6 Å². The Morgan fingerprint density at radius 3 is 2.46 bits per heavy atom. The smallest absolute Gasteiger partial charge is 0.257 e. The standard InChI is InChI=1S/C30H34FN5O3/c1-18-27(19(2)33-28(32-18)20-8-9-20)30(38)36-16-22-14-35(15-23(22)17-36)11-10-25(21-5-3-6-24(31)13-21)34-29(37)26-7-4-12-39-26/h3,5-6,13,20,22-23,25-26H,4,7,10-12,14-17H2,1-2H3,(H,34,37)/t22?,23?,25-,26?/m0/s1. The number of fused-ring (bicyclic) bond motifs is 1. The van der Waals surface area contributed by atoms with Crippen LogP contribution < -0.4 is 5.32 Å².